The summed E-state index contributed by atoms with van der Waals surface area (Å²) < 4.78 is 0. The average Bonchev–Trinajstić information content (AvgIpc) is 3.12. The molecule has 2 aromatic rings. The van der Waals surface area contributed by atoms with Crippen LogP contribution in [0.3, 0.4) is 0 Å². The van der Waals surface area contributed by atoms with Gasteiger partial charge in [0.2, 0.25) is 5.91 Å². The van der Waals surface area contributed by atoms with Gasteiger partial charge in [-0.25, -0.2) is 0 Å². The fourth-order valence-corrected chi connectivity index (χ4v) is 2.98. The molecule has 6 heteroatoms. The molecular weight excluding hydrogens is 326 g/mol. The van der Waals surface area contributed by atoms with E-state index in [1.54, 1.807) is 7.05 Å². The van der Waals surface area contributed by atoms with Gasteiger partial charge in [0.1, 0.15) is 0 Å². The van der Waals surface area contributed by atoms with Crippen molar-refractivity contribution in [3.05, 3.63) is 59.9 Å². The topological polar surface area (TPSA) is 69.6 Å². The summed E-state index contributed by atoms with van der Waals surface area (Å²) in [6.45, 7) is 2.27. The van der Waals surface area contributed by atoms with E-state index in [4.69, 9.17) is 0 Å². The summed E-state index contributed by atoms with van der Waals surface area (Å²) in [6, 6.07) is 14.1. The number of nitrogens with one attached hydrogen (secondary N) is 2. The van der Waals surface area contributed by atoms with Crippen molar-refractivity contribution in [1.29, 1.82) is 0 Å². The first-order chi connectivity index (χ1) is 12.8. The predicted octanol–water partition coefficient (Wildman–Crippen LogP) is 2.12. The largest absolute Gasteiger partial charge is 0.356 e. The summed E-state index contributed by atoms with van der Waals surface area (Å²) in [5.41, 5.74) is 3.18. The molecule has 0 spiro atoms. The van der Waals surface area contributed by atoms with Gasteiger partial charge in [-0.05, 0) is 36.2 Å². The molecule has 1 fully saturated rings. The minimum atomic E-state index is 0.216. The zero-order valence-corrected chi connectivity index (χ0v) is 15.1. The maximum atomic E-state index is 11.8. The Kier molecular flexibility index (Phi) is 6.19. The lowest BCUT2D eigenvalue weighted by Gasteiger charge is -2.16. The first-order valence-corrected chi connectivity index (χ1v) is 9.00. The van der Waals surface area contributed by atoms with Gasteiger partial charge < -0.3 is 15.5 Å². The predicted molar refractivity (Wildman–Crippen MR) is 104 cm³/mol. The Balaban J connectivity index is 1.45. The molecule has 1 aromatic heterocycles. The van der Waals surface area contributed by atoms with E-state index in [2.05, 4.69) is 32.7 Å². The van der Waals surface area contributed by atoms with E-state index >= 15 is 0 Å². The molecular formula is C20H25N5O. The molecule has 2 heterocycles. The summed E-state index contributed by atoms with van der Waals surface area (Å²) in [5, 5.41) is 6.60. The molecule has 26 heavy (non-hydrogen) atoms. The summed E-state index contributed by atoms with van der Waals surface area (Å²) in [6.07, 6.45) is 4.26. The summed E-state index contributed by atoms with van der Waals surface area (Å²) in [5.74, 6) is 0.980. The molecule has 3 rings (SSSR count). The fraction of sp³-hybridized carbons (Fsp3) is 0.350. The van der Waals surface area contributed by atoms with Crippen molar-refractivity contribution in [2.24, 2.45) is 4.99 Å². The maximum Gasteiger partial charge on any atom is 0.227 e. The second-order valence-corrected chi connectivity index (χ2v) is 6.24. The van der Waals surface area contributed by atoms with Crippen LogP contribution in [0.25, 0.3) is 0 Å². The first kappa shape index (κ1) is 17.9. The number of carbonyl (C=O) groups is 1. The molecule has 0 radical (unpaired) electrons. The smallest absolute Gasteiger partial charge is 0.227 e. The number of hydrogen-bond donors (Lipinski definition) is 2. The van der Waals surface area contributed by atoms with E-state index in [0.717, 1.165) is 48.8 Å². The molecule has 1 aliphatic heterocycles. The Morgan fingerprint density at radius 2 is 2.04 bits per heavy atom. The number of nitrogens with zero attached hydrogens (tertiary/aromatic N) is 3. The second-order valence-electron chi connectivity index (χ2n) is 6.24. The number of pyridine rings is 1. The highest BCUT2D eigenvalue weighted by atomic mass is 16.2. The van der Waals surface area contributed by atoms with E-state index in [-0.39, 0.29) is 5.91 Å². The summed E-state index contributed by atoms with van der Waals surface area (Å²) in [4.78, 5) is 22.2. The quantitative estimate of drug-likeness (QED) is 0.618. The molecule has 136 valence electrons. The molecule has 1 aromatic carbocycles. The number of rotatable bonds is 6. The van der Waals surface area contributed by atoms with E-state index in [9.17, 15) is 4.79 Å². The lowest BCUT2D eigenvalue weighted by Crippen LogP contribution is -2.37. The van der Waals surface area contributed by atoms with Crippen molar-refractivity contribution < 1.29 is 4.79 Å². The summed E-state index contributed by atoms with van der Waals surface area (Å²) >= 11 is 0. The Hall–Kier alpha value is -2.89. The molecule has 1 amide bonds. The number of guanidine groups is 1. The molecule has 2 N–H and O–H groups in total. The zero-order chi connectivity index (χ0) is 18.2. The summed E-state index contributed by atoms with van der Waals surface area (Å²) in [7, 11) is 1.76. The van der Waals surface area contributed by atoms with Crippen LogP contribution >= 0.6 is 0 Å². The molecule has 6 nitrogen and oxygen atoms in total. The first-order valence-electron chi connectivity index (χ1n) is 9.00. The van der Waals surface area contributed by atoms with Gasteiger partial charge in [0, 0.05) is 57.1 Å². The molecule has 1 saturated heterocycles. The van der Waals surface area contributed by atoms with Crippen LogP contribution in [0.5, 0.6) is 0 Å². The van der Waals surface area contributed by atoms with Crippen molar-refractivity contribution in [2.75, 3.05) is 25.0 Å². The van der Waals surface area contributed by atoms with Crippen LogP contribution in [0.4, 0.5) is 5.69 Å². The van der Waals surface area contributed by atoms with Gasteiger partial charge in [-0.2, -0.15) is 0 Å². The Morgan fingerprint density at radius 1 is 1.19 bits per heavy atom. The SMILES string of the molecule is CN=C(NCCc1ccccn1)NCc1ccc(N2CCCC2=O)cc1. The van der Waals surface area contributed by atoms with Gasteiger partial charge in [-0.15, -0.1) is 0 Å². The zero-order valence-electron chi connectivity index (χ0n) is 15.1. The third-order valence-electron chi connectivity index (χ3n) is 4.40. The van der Waals surface area contributed by atoms with E-state index in [0.29, 0.717) is 13.0 Å². The molecule has 0 bridgehead atoms. The van der Waals surface area contributed by atoms with Crippen LogP contribution in [0.15, 0.2) is 53.7 Å². The minimum Gasteiger partial charge on any atom is -0.356 e. The maximum absolute atomic E-state index is 11.8. The van der Waals surface area contributed by atoms with Gasteiger partial charge in [0.15, 0.2) is 5.96 Å². The lowest BCUT2D eigenvalue weighted by molar-refractivity contribution is -0.117. The van der Waals surface area contributed by atoms with Crippen LogP contribution in [0.1, 0.15) is 24.1 Å². The minimum absolute atomic E-state index is 0.216. The van der Waals surface area contributed by atoms with Crippen molar-refractivity contribution in [1.82, 2.24) is 15.6 Å². The highest BCUT2D eigenvalue weighted by Crippen LogP contribution is 2.21. The molecule has 0 unspecified atom stereocenters. The number of hydrogen-bond acceptors (Lipinski definition) is 3. The van der Waals surface area contributed by atoms with Gasteiger partial charge >= 0.3 is 0 Å². The van der Waals surface area contributed by atoms with Crippen LogP contribution < -0.4 is 15.5 Å². The number of carbonyl (C=O) groups excluding carboxylic acids is 1. The van der Waals surface area contributed by atoms with Crippen molar-refractivity contribution in [3.63, 3.8) is 0 Å². The standard InChI is InChI=1S/C20H25N5O/c1-21-20(23-13-11-17-5-2-3-12-22-17)24-15-16-7-9-18(10-8-16)25-14-4-6-19(25)26/h2-3,5,7-10,12H,4,6,11,13-15H2,1H3,(H2,21,23,24). The molecule has 0 atom stereocenters. The second kappa shape index (κ2) is 8.99. The van der Waals surface area contributed by atoms with Crippen LogP contribution in [-0.2, 0) is 17.8 Å². The molecule has 0 saturated carbocycles. The highest BCUT2D eigenvalue weighted by molar-refractivity contribution is 5.95. The Morgan fingerprint density at radius 3 is 2.69 bits per heavy atom. The molecule has 1 aliphatic rings. The van der Waals surface area contributed by atoms with Gasteiger partial charge in [-0.3, -0.25) is 14.8 Å². The van der Waals surface area contributed by atoms with Crippen molar-refractivity contribution in [2.45, 2.75) is 25.8 Å². The fourth-order valence-electron chi connectivity index (χ4n) is 2.98. The number of aliphatic imine (C=N–C) groups is 1. The van der Waals surface area contributed by atoms with Crippen LogP contribution in [-0.4, -0.2) is 37.0 Å². The van der Waals surface area contributed by atoms with Crippen molar-refractivity contribution >= 4 is 17.6 Å². The van der Waals surface area contributed by atoms with Gasteiger partial charge in [0.05, 0.1) is 0 Å². The third-order valence-corrected chi connectivity index (χ3v) is 4.40. The highest BCUT2D eigenvalue weighted by Gasteiger charge is 2.21. The number of benzene rings is 1. The van der Waals surface area contributed by atoms with Crippen molar-refractivity contribution in [3.8, 4) is 0 Å². The normalized spacial score (nSPS) is 14.6. The number of amides is 1. The van der Waals surface area contributed by atoms with Crippen LogP contribution in [0.2, 0.25) is 0 Å². The average molecular weight is 351 g/mol. The number of aromatic nitrogens is 1. The van der Waals surface area contributed by atoms with E-state index < -0.39 is 0 Å². The Labute approximate surface area is 154 Å². The molecule has 0 aliphatic carbocycles. The third kappa shape index (κ3) is 4.81. The van der Waals surface area contributed by atoms with E-state index in [1.807, 2.05) is 41.4 Å². The van der Waals surface area contributed by atoms with E-state index in [1.165, 1.54) is 0 Å². The van der Waals surface area contributed by atoms with Gasteiger partial charge in [0.25, 0.3) is 0 Å². The lowest BCUT2D eigenvalue weighted by atomic mass is 10.2. The number of anilines is 1. The van der Waals surface area contributed by atoms with Crippen LogP contribution in [0, 0.1) is 0 Å². The van der Waals surface area contributed by atoms with Gasteiger partial charge in [-0.1, -0.05) is 18.2 Å². The monoisotopic (exact) mass is 351 g/mol. The Bertz CT molecular complexity index is 743.